The van der Waals surface area contributed by atoms with Crippen molar-refractivity contribution in [3.05, 3.63) is 35.1 Å². The van der Waals surface area contributed by atoms with Crippen LogP contribution in [-0.2, 0) is 9.53 Å². The number of carbonyl (C=O) groups excluding carboxylic acids is 1. The molecule has 0 saturated heterocycles. The van der Waals surface area contributed by atoms with Gasteiger partial charge in [0.25, 0.3) is 0 Å². The first-order valence-electron chi connectivity index (χ1n) is 3.58. The predicted octanol–water partition coefficient (Wildman–Crippen LogP) is 1.70. The molecule has 2 heteroatoms. The predicted molar refractivity (Wildman–Crippen MR) is 40.6 cm³/mol. The minimum atomic E-state index is -0.199. The Bertz CT molecular complexity index is 306. The van der Waals surface area contributed by atoms with Crippen LogP contribution in [0.15, 0.2) is 35.1 Å². The van der Waals surface area contributed by atoms with E-state index in [1.54, 1.807) is 6.92 Å². The molecule has 0 aromatic heterocycles. The average Bonchev–Trinajstić information content (AvgIpc) is 2.30. The van der Waals surface area contributed by atoms with E-state index in [9.17, 15) is 4.79 Å². The Hall–Kier alpha value is -1.31. The number of fused-ring (bicyclic) bond motifs is 1. The van der Waals surface area contributed by atoms with Gasteiger partial charge in [0.15, 0.2) is 0 Å². The Morgan fingerprint density at radius 2 is 2.36 bits per heavy atom. The van der Waals surface area contributed by atoms with Crippen LogP contribution in [0.25, 0.3) is 0 Å². The molecular formula is C9H8O2. The van der Waals surface area contributed by atoms with E-state index in [1.165, 1.54) is 0 Å². The van der Waals surface area contributed by atoms with E-state index in [4.69, 9.17) is 4.74 Å². The number of hydrogen-bond acceptors (Lipinski definition) is 2. The maximum atomic E-state index is 11.0. The van der Waals surface area contributed by atoms with Gasteiger partial charge in [-0.3, -0.25) is 0 Å². The van der Waals surface area contributed by atoms with Crippen molar-refractivity contribution in [2.75, 3.05) is 0 Å². The van der Waals surface area contributed by atoms with E-state index in [-0.39, 0.29) is 5.97 Å². The first-order chi connectivity index (χ1) is 5.29. The topological polar surface area (TPSA) is 26.3 Å². The van der Waals surface area contributed by atoms with Gasteiger partial charge in [-0.15, -0.1) is 0 Å². The molecule has 1 aliphatic heterocycles. The Kier molecular flexibility index (Phi) is 1.22. The van der Waals surface area contributed by atoms with Crippen LogP contribution in [-0.4, -0.2) is 5.97 Å². The molecule has 0 spiro atoms. The zero-order valence-corrected chi connectivity index (χ0v) is 6.26. The van der Waals surface area contributed by atoms with Crippen LogP contribution in [0.2, 0.25) is 0 Å². The summed E-state index contributed by atoms with van der Waals surface area (Å²) in [7, 11) is 0. The highest BCUT2D eigenvalue weighted by Gasteiger charge is 2.25. The lowest BCUT2D eigenvalue weighted by atomic mass is 10.0. The quantitative estimate of drug-likeness (QED) is 0.489. The third-order valence-electron chi connectivity index (χ3n) is 1.96. The molecule has 2 rings (SSSR count). The smallest absolute Gasteiger partial charge is 0.339 e. The highest BCUT2D eigenvalue weighted by atomic mass is 16.5. The fraction of sp³-hybridized carbons (Fsp3) is 0.222. The number of carbonyl (C=O) groups is 1. The molecule has 0 atom stereocenters. The molecule has 0 fully saturated rings. The molecule has 0 N–H and O–H groups in total. The Morgan fingerprint density at radius 3 is 3.09 bits per heavy atom. The van der Waals surface area contributed by atoms with Gasteiger partial charge in [0.2, 0.25) is 0 Å². The molecule has 0 amide bonds. The molecule has 11 heavy (non-hydrogen) atoms. The van der Waals surface area contributed by atoms with Gasteiger partial charge in [0, 0.05) is 11.1 Å². The van der Waals surface area contributed by atoms with E-state index in [1.807, 2.05) is 18.2 Å². The Balaban J connectivity index is 2.50. The van der Waals surface area contributed by atoms with Gasteiger partial charge in [-0.1, -0.05) is 12.2 Å². The zero-order valence-electron chi connectivity index (χ0n) is 6.26. The van der Waals surface area contributed by atoms with Gasteiger partial charge >= 0.3 is 5.97 Å². The van der Waals surface area contributed by atoms with Gasteiger partial charge in [-0.2, -0.15) is 0 Å². The van der Waals surface area contributed by atoms with Gasteiger partial charge in [0.1, 0.15) is 5.76 Å². The van der Waals surface area contributed by atoms with Crippen LogP contribution < -0.4 is 0 Å². The van der Waals surface area contributed by atoms with Crippen LogP contribution in [0.3, 0.4) is 0 Å². The maximum absolute atomic E-state index is 11.0. The first-order valence-corrected chi connectivity index (χ1v) is 3.58. The molecular weight excluding hydrogens is 140 g/mol. The summed E-state index contributed by atoms with van der Waals surface area (Å²) in [5, 5.41) is 0. The number of ether oxygens (including phenoxy) is 1. The second-order valence-corrected chi connectivity index (χ2v) is 2.66. The summed E-state index contributed by atoms with van der Waals surface area (Å²) in [4.78, 5) is 11.0. The van der Waals surface area contributed by atoms with E-state index in [0.29, 0.717) is 0 Å². The van der Waals surface area contributed by atoms with Gasteiger partial charge in [0.05, 0.1) is 0 Å². The fourth-order valence-corrected chi connectivity index (χ4v) is 1.28. The molecule has 2 nitrogen and oxygen atoms in total. The van der Waals surface area contributed by atoms with Gasteiger partial charge < -0.3 is 4.74 Å². The third-order valence-corrected chi connectivity index (χ3v) is 1.96. The number of hydrogen-bond donors (Lipinski definition) is 0. The molecule has 0 aromatic rings. The zero-order chi connectivity index (χ0) is 7.84. The van der Waals surface area contributed by atoms with Crippen LogP contribution in [0.5, 0.6) is 0 Å². The van der Waals surface area contributed by atoms with Crippen molar-refractivity contribution in [2.24, 2.45) is 0 Å². The summed E-state index contributed by atoms with van der Waals surface area (Å²) in [6.45, 7) is 1.80. The minimum Gasteiger partial charge on any atom is -0.423 e. The van der Waals surface area contributed by atoms with Crippen molar-refractivity contribution in [1.82, 2.24) is 0 Å². The van der Waals surface area contributed by atoms with Crippen LogP contribution >= 0.6 is 0 Å². The minimum absolute atomic E-state index is 0.199. The van der Waals surface area contributed by atoms with Crippen molar-refractivity contribution in [3.8, 4) is 0 Å². The maximum Gasteiger partial charge on any atom is 0.339 e. The van der Waals surface area contributed by atoms with E-state index in [0.717, 1.165) is 23.3 Å². The molecule has 0 aromatic carbocycles. The van der Waals surface area contributed by atoms with Crippen LogP contribution in [0.1, 0.15) is 13.3 Å². The van der Waals surface area contributed by atoms with E-state index < -0.39 is 0 Å². The van der Waals surface area contributed by atoms with Crippen molar-refractivity contribution in [3.63, 3.8) is 0 Å². The Morgan fingerprint density at radius 1 is 1.55 bits per heavy atom. The second-order valence-electron chi connectivity index (χ2n) is 2.66. The van der Waals surface area contributed by atoms with Gasteiger partial charge in [-0.05, 0) is 19.4 Å². The first kappa shape index (κ1) is 6.40. The van der Waals surface area contributed by atoms with Crippen LogP contribution in [0, 0.1) is 0 Å². The summed E-state index contributed by atoms with van der Waals surface area (Å²) in [5.41, 5.74) is 1.79. The summed E-state index contributed by atoms with van der Waals surface area (Å²) in [5.74, 6) is 0.532. The molecule has 1 aliphatic carbocycles. The highest BCUT2D eigenvalue weighted by molar-refractivity contribution is 5.94. The Labute approximate surface area is 64.9 Å². The SMILES string of the molecule is CC1=C2CC=CC=C2OC1=O. The van der Waals surface area contributed by atoms with Crippen molar-refractivity contribution in [1.29, 1.82) is 0 Å². The number of rotatable bonds is 0. The standard InChI is InChI=1S/C9H8O2/c1-6-7-4-2-3-5-8(7)11-9(6)10/h2-3,5H,4H2,1H3. The fourth-order valence-electron chi connectivity index (χ4n) is 1.28. The van der Waals surface area contributed by atoms with Gasteiger partial charge in [-0.25, -0.2) is 4.79 Å². The lowest BCUT2D eigenvalue weighted by molar-refractivity contribution is -0.133. The molecule has 1 heterocycles. The monoisotopic (exact) mass is 148 g/mol. The number of esters is 1. The van der Waals surface area contributed by atoms with Crippen molar-refractivity contribution < 1.29 is 9.53 Å². The molecule has 0 unspecified atom stereocenters. The van der Waals surface area contributed by atoms with Crippen LogP contribution in [0.4, 0.5) is 0 Å². The highest BCUT2D eigenvalue weighted by Crippen LogP contribution is 2.30. The lowest BCUT2D eigenvalue weighted by Crippen LogP contribution is -1.94. The molecule has 2 aliphatic rings. The summed E-state index contributed by atoms with van der Waals surface area (Å²) in [6.07, 6.45) is 6.58. The summed E-state index contributed by atoms with van der Waals surface area (Å²) in [6, 6.07) is 0. The summed E-state index contributed by atoms with van der Waals surface area (Å²) >= 11 is 0. The largest absolute Gasteiger partial charge is 0.423 e. The van der Waals surface area contributed by atoms with E-state index in [2.05, 4.69) is 0 Å². The lowest BCUT2D eigenvalue weighted by Gasteiger charge is -2.03. The average molecular weight is 148 g/mol. The second kappa shape index (κ2) is 2.09. The molecule has 0 bridgehead atoms. The van der Waals surface area contributed by atoms with Crippen molar-refractivity contribution >= 4 is 5.97 Å². The molecule has 0 saturated carbocycles. The molecule has 0 radical (unpaired) electrons. The number of allylic oxidation sites excluding steroid dienone is 4. The third kappa shape index (κ3) is 0.827. The summed E-state index contributed by atoms with van der Waals surface area (Å²) < 4.78 is 4.97. The van der Waals surface area contributed by atoms with Crippen molar-refractivity contribution in [2.45, 2.75) is 13.3 Å². The normalized spacial score (nSPS) is 21.5. The molecule has 56 valence electrons. The van der Waals surface area contributed by atoms with E-state index >= 15 is 0 Å².